The van der Waals surface area contributed by atoms with E-state index in [0.29, 0.717) is 24.6 Å². The maximum absolute atomic E-state index is 12.3. The molecule has 1 amide bonds. The van der Waals surface area contributed by atoms with E-state index in [9.17, 15) is 9.59 Å². The van der Waals surface area contributed by atoms with Gasteiger partial charge < -0.3 is 10.1 Å². The number of methoxy groups -OCH3 is 1. The molecule has 2 rings (SSSR count). The maximum atomic E-state index is 12.3. The number of carbonyl (C=O) groups is 1. The first-order chi connectivity index (χ1) is 11.5. The van der Waals surface area contributed by atoms with Crippen molar-refractivity contribution in [3.63, 3.8) is 0 Å². The molecule has 1 N–H and O–H groups in total. The Labute approximate surface area is 145 Å². The van der Waals surface area contributed by atoms with Crippen LogP contribution in [0.1, 0.15) is 23.0 Å². The van der Waals surface area contributed by atoms with Crippen LogP contribution < -0.4 is 10.9 Å². The van der Waals surface area contributed by atoms with Crippen LogP contribution in [0.5, 0.6) is 0 Å². The number of halogens is 1. The molecule has 0 saturated carbocycles. The molecule has 24 heavy (non-hydrogen) atoms. The molecule has 0 saturated heterocycles. The number of aromatic nitrogens is 2. The average molecular weight is 350 g/mol. The largest absolute Gasteiger partial charge is 0.383 e. The third-order valence-corrected chi connectivity index (χ3v) is 3.65. The van der Waals surface area contributed by atoms with Crippen molar-refractivity contribution in [2.24, 2.45) is 0 Å². The van der Waals surface area contributed by atoms with Gasteiger partial charge in [-0.15, -0.1) is 0 Å². The van der Waals surface area contributed by atoms with Crippen LogP contribution in [-0.2, 0) is 17.7 Å². The zero-order valence-electron chi connectivity index (χ0n) is 13.7. The summed E-state index contributed by atoms with van der Waals surface area (Å²) in [7, 11) is 1.54. The van der Waals surface area contributed by atoms with Gasteiger partial charge in [-0.3, -0.25) is 9.59 Å². The SMILES string of the molecule is COCCn1nc(C(=O)NC(C)Cc2cccc(Cl)c2)ccc1=O. The molecule has 0 radical (unpaired) electrons. The van der Waals surface area contributed by atoms with E-state index in [1.54, 1.807) is 7.11 Å². The molecular formula is C17H20ClN3O3. The molecule has 1 heterocycles. The monoisotopic (exact) mass is 349 g/mol. The Morgan fingerprint density at radius 3 is 2.88 bits per heavy atom. The van der Waals surface area contributed by atoms with Crippen LogP contribution in [0.15, 0.2) is 41.2 Å². The topological polar surface area (TPSA) is 73.2 Å². The Morgan fingerprint density at radius 2 is 2.17 bits per heavy atom. The minimum absolute atomic E-state index is 0.0999. The number of hydrogen-bond donors (Lipinski definition) is 1. The van der Waals surface area contributed by atoms with Crippen LogP contribution in [-0.4, -0.2) is 35.4 Å². The van der Waals surface area contributed by atoms with Gasteiger partial charge in [0.25, 0.3) is 11.5 Å². The smallest absolute Gasteiger partial charge is 0.271 e. The van der Waals surface area contributed by atoms with Crippen LogP contribution in [0.3, 0.4) is 0 Å². The highest BCUT2D eigenvalue weighted by molar-refractivity contribution is 6.30. The van der Waals surface area contributed by atoms with Crippen molar-refractivity contribution < 1.29 is 9.53 Å². The highest BCUT2D eigenvalue weighted by Crippen LogP contribution is 2.12. The summed E-state index contributed by atoms with van der Waals surface area (Å²) in [5.41, 5.74) is 0.965. The molecule has 0 bridgehead atoms. The minimum atomic E-state index is -0.323. The molecule has 128 valence electrons. The number of nitrogens with one attached hydrogen (secondary N) is 1. The van der Waals surface area contributed by atoms with Crippen LogP contribution in [0.25, 0.3) is 0 Å². The molecule has 1 atom stereocenters. The minimum Gasteiger partial charge on any atom is -0.383 e. The van der Waals surface area contributed by atoms with Gasteiger partial charge in [0.05, 0.1) is 13.2 Å². The Balaban J connectivity index is 2.02. The Morgan fingerprint density at radius 1 is 1.38 bits per heavy atom. The molecular weight excluding hydrogens is 330 g/mol. The lowest BCUT2D eigenvalue weighted by Gasteiger charge is -2.14. The molecule has 0 fully saturated rings. The normalized spacial score (nSPS) is 12.0. The van der Waals surface area contributed by atoms with Gasteiger partial charge in [0, 0.05) is 24.2 Å². The Hall–Kier alpha value is -2.18. The van der Waals surface area contributed by atoms with E-state index in [4.69, 9.17) is 16.3 Å². The number of benzene rings is 1. The van der Waals surface area contributed by atoms with E-state index < -0.39 is 0 Å². The molecule has 2 aromatic rings. The van der Waals surface area contributed by atoms with Gasteiger partial charge in [-0.25, -0.2) is 4.68 Å². The highest BCUT2D eigenvalue weighted by Gasteiger charge is 2.13. The third kappa shape index (κ3) is 5.18. The fourth-order valence-electron chi connectivity index (χ4n) is 2.27. The molecule has 1 unspecified atom stereocenters. The highest BCUT2D eigenvalue weighted by atomic mass is 35.5. The number of hydrogen-bond acceptors (Lipinski definition) is 4. The summed E-state index contributed by atoms with van der Waals surface area (Å²) < 4.78 is 6.15. The Kier molecular flexibility index (Phi) is 6.52. The van der Waals surface area contributed by atoms with Crippen molar-refractivity contribution in [2.45, 2.75) is 25.9 Å². The Bertz CT molecular complexity index is 761. The molecule has 0 aliphatic heterocycles. The number of amides is 1. The van der Waals surface area contributed by atoms with Crippen molar-refractivity contribution in [2.75, 3.05) is 13.7 Å². The fraction of sp³-hybridized carbons (Fsp3) is 0.353. The summed E-state index contributed by atoms with van der Waals surface area (Å²) in [5.74, 6) is -0.323. The van der Waals surface area contributed by atoms with Crippen molar-refractivity contribution in [3.05, 3.63) is 63.0 Å². The predicted octanol–water partition coefficient (Wildman–Crippen LogP) is 1.90. The average Bonchev–Trinajstić information content (AvgIpc) is 2.53. The summed E-state index contributed by atoms with van der Waals surface area (Å²) in [6.45, 7) is 2.55. The van der Waals surface area contributed by atoms with Crippen LogP contribution in [0, 0.1) is 0 Å². The van der Waals surface area contributed by atoms with Gasteiger partial charge >= 0.3 is 0 Å². The van der Waals surface area contributed by atoms with Gasteiger partial charge in [0.15, 0.2) is 0 Å². The lowest BCUT2D eigenvalue weighted by atomic mass is 10.1. The summed E-state index contributed by atoms with van der Waals surface area (Å²) in [6, 6.07) is 10.2. The second-order valence-corrected chi connectivity index (χ2v) is 5.92. The van der Waals surface area contributed by atoms with E-state index in [1.165, 1.54) is 16.8 Å². The molecule has 1 aromatic carbocycles. The first-order valence-electron chi connectivity index (χ1n) is 7.62. The lowest BCUT2D eigenvalue weighted by Crippen LogP contribution is -2.36. The number of ether oxygens (including phenoxy) is 1. The van der Waals surface area contributed by atoms with Crippen LogP contribution in [0.4, 0.5) is 0 Å². The van der Waals surface area contributed by atoms with Crippen molar-refractivity contribution in [1.82, 2.24) is 15.1 Å². The van der Waals surface area contributed by atoms with Gasteiger partial charge in [0.1, 0.15) is 5.69 Å². The van der Waals surface area contributed by atoms with E-state index in [1.807, 2.05) is 31.2 Å². The van der Waals surface area contributed by atoms with E-state index >= 15 is 0 Å². The quantitative estimate of drug-likeness (QED) is 0.828. The number of rotatable bonds is 7. The maximum Gasteiger partial charge on any atom is 0.271 e. The first-order valence-corrected chi connectivity index (χ1v) is 8.00. The summed E-state index contributed by atoms with van der Waals surface area (Å²) in [6.07, 6.45) is 0.648. The zero-order chi connectivity index (χ0) is 17.5. The van der Waals surface area contributed by atoms with E-state index in [0.717, 1.165) is 5.56 Å². The first kappa shape index (κ1) is 18.2. The molecule has 0 spiro atoms. The third-order valence-electron chi connectivity index (χ3n) is 3.41. The van der Waals surface area contributed by atoms with E-state index in [-0.39, 0.29) is 23.2 Å². The van der Waals surface area contributed by atoms with Crippen LogP contribution >= 0.6 is 11.6 Å². The van der Waals surface area contributed by atoms with Crippen molar-refractivity contribution >= 4 is 17.5 Å². The predicted molar refractivity (Wildman–Crippen MR) is 92.5 cm³/mol. The fourth-order valence-corrected chi connectivity index (χ4v) is 2.49. The molecule has 0 aliphatic rings. The molecule has 6 nitrogen and oxygen atoms in total. The summed E-state index contributed by atoms with van der Waals surface area (Å²) in [4.78, 5) is 24.0. The van der Waals surface area contributed by atoms with Gasteiger partial charge in [-0.05, 0) is 37.1 Å². The van der Waals surface area contributed by atoms with Crippen molar-refractivity contribution in [3.8, 4) is 0 Å². The second-order valence-electron chi connectivity index (χ2n) is 5.48. The summed E-state index contributed by atoms with van der Waals surface area (Å²) in [5, 5.41) is 7.62. The summed E-state index contributed by atoms with van der Waals surface area (Å²) >= 11 is 5.96. The van der Waals surface area contributed by atoms with E-state index in [2.05, 4.69) is 10.4 Å². The molecule has 7 heteroatoms. The van der Waals surface area contributed by atoms with Gasteiger partial charge in [-0.2, -0.15) is 5.10 Å². The molecule has 0 aliphatic carbocycles. The zero-order valence-corrected chi connectivity index (χ0v) is 14.4. The van der Waals surface area contributed by atoms with Crippen LogP contribution in [0.2, 0.25) is 5.02 Å². The number of nitrogens with zero attached hydrogens (tertiary/aromatic N) is 2. The standard InChI is InChI=1S/C17H20ClN3O3/c1-12(10-13-4-3-5-14(18)11-13)19-17(23)15-6-7-16(22)21(20-15)8-9-24-2/h3-7,11-12H,8-10H2,1-2H3,(H,19,23). The lowest BCUT2D eigenvalue weighted by molar-refractivity contribution is 0.0931. The second kappa shape index (κ2) is 8.61. The number of carbonyl (C=O) groups excluding carboxylic acids is 1. The van der Waals surface area contributed by atoms with Crippen molar-refractivity contribution in [1.29, 1.82) is 0 Å². The van der Waals surface area contributed by atoms with Gasteiger partial charge in [-0.1, -0.05) is 23.7 Å². The molecule has 1 aromatic heterocycles. The van der Waals surface area contributed by atoms with Gasteiger partial charge in [0.2, 0.25) is 0 Å².